The van der Waals surface area contributed by atoms with Crippen molar-refractivity contribution in [3.63, 3.8) is 0 Å². The summed E-state index contributed by atoms with van der Waals surface area (Å²) in [6.45, 7) is 2.09. The number of aromatic nitrogens is 1. The number of nitriles is 1. The molecule has 2 unspecified atom stereocenters. The predicted molar refractivity (Wildman–Crippen MR) is 70.4 cm³/mol. The first-order valence-electron chi connectivity index (χ1n) is 6.62. The third-order valence-corrected chi connectivity index (χ3v) is 4.32. The Morgan fingerprint density at radius 2 is 2.11 bits per heavy atom. The van der Waals surface area contributed by atoms with E-state index in [0.717, 1.165) is 24.9 Å². The number of nitrogens with zero attached hydrogens (tertiary/aromatic N) is 4. The molecule has 0 N–H and O–H groups in total. The molecule has 0 radical (unpaired) electrons. The molecule has 0 saturated carbocycles. The molecule has 4 nitrogen and oxygen atoms in total. The number of hydrogen-bond donors (Lipinski definition) is 0. The minimum atomic E-state index is 0.510. The lowest BCUT2D eigenvalue weighted by atomic mass is 10.1. The largest absolute Gasteiger partial charge is 0.355 e. The van der Waals surface area contributed by atoms with Crippen LogP contribution in [0, 0.1) is 11.3 Å². The van der Waals surface area contributed by atoms with Crippen LogP contribution in [0.15, 0.2) is 18.2 Å². The molecule has 2 aliphatic heterocycles. The van der Waals surface area contributed by atoms with Crippen molar-refractivity contribution in [3.8, 4) is 6.07 Å². The molecule has 2 fully saturated rings. The Labute approximate surface area is 108 Å². The van der Waals surface area contributed by atoms with E-state index in [9.17, 15) is 0 Å². The third kappa shape index (κ3) is 1.95. The van der Waals surface area contributed by atoms with Gasteiger partial charge in [-0.3, -0.25) is 4.90 Å². The van der Waals surface area contributed by atoms with Gasteiger partial charge in [-0.1, -0.05) is 6.07 Å². The molecule has 4 heteroatoms. The molecule has 2 aliphatic rings. The van der Waals surface area contributed by atoms with Crippen LogP contribution in [0.2, 0.25) is 0 Å². The van der Waals surface area contributed by atoms with Gasteiger partial charge in [0.05, 0.1) is 0 Å². The van der Waals surface area contributed by atoms with Gasteiger partial charge in [-0.2, -0.15) is 5.26 Å². The first-order chi connectivity index (χ1) is 8.78. The minimum absolute atomic E-state index is 0.510. The highest BCUT2D eigenvalue weighted by atomic mass is 15.3. The Morgan fingerprint density at radius 1 is 1.28 bits per heavy atom. The Hall–Kier alpha value is -1.60. The summed E-state index contributed by atoms with van der Waals surface area (Å²) in [5.41, 5.74) is 0.510. The van der Waals surface area contributed by atoms with Gasteiger partial charge in [-0.05, 0) is 38.4 Å². The summed E-state index contributed by atoms with van der Waals surface area (Å²) in [5.74, 6) is 0.954. The maximum Gasteiger partial charge on any atom is 0.142 e. The highest BCUT2D eigenvalue weighted by Crippen LogP contribution is 2.30. The maximum absolute atomic E-state index is 8.92. The molecule has 0 amide bonds. The first kappa shape index (κ1) is 11.5. The Balaban J connectivity index is 1.83. The highest BCUT2D eigenvalue weighted by Gasteiger charge is 2.34. The smallest absolute Gasteiger partial charge is 0.142 e. The molecular weight excluding hydrogens is 224 g/mol. The van der Waals surface area contributed by atoms with Crippen LogP contribution in [0.4, 0.5) is 5.82 Å². The molecule has 0 aromatic carbocycles. The topological polar surface area (TPSA) is 43.2 Å². The van der Waals surface area contributed by atoms with Crippen LogP contribution < -0.4 is 4.90 Å². The molecule has 2 bridgehead atoms. The second kappa shape index (κ2) is 4.58. The second-order valence-electron chi connectivity index (χ2n) is 5.28. The van der Waals surface area contributed by atoms with Crippen LogP contribution in [-0.2, 0) is 0 Å². The molecule has 0 spiro atoms. The maximum atomic E-state index is 8.92. The van der Waals surface area contributed by atoms with Crippen LogP contribution in [0.3, 0.4) is 0 Å². The van der Waals surface area contributed by atoms with Crippen molar-refractivity contribution < 1.29 is 0 Å². The van der Waals surface area contributed by atoms with Crippen LogP contribution >= 0.6 is 0 Å². The summed E-state index contributed by atoms with van der Waals surface area (Å²) < 4.78 is 0. The monoisotopic (exact) mass is 242 g/mol. The second-order valence-corrected chi connectivity index (χ2v) is 5.28. The van der Waals surface area contributed by atoms with E-state index >= 15 is 0 Å². The Morgan fingerprint density at radius 3 is 2.94 bits per heavy atom. The molecule has 2 saturated heterocycles. The molecule has 3 heterocycles. The molecule has 3 rings (SSSR count). The average molecular weight is 242 g/mol. The summed E-state index contributed by atoms with van der Waals surface area (Å²) in [5, 5.41) is 8.92. The molecule has 0 aliphatic carbocycles. The van der Waals surface area contributed by atoms with Gasteiger partial charge in [0.2, 0.25) is 0 Å². The van der Waals surface area contributed by atoms with Crippen molar-refractivity contribution in [3.05, 3.63) is 23.9 Å². The zero-order valence-electron chi connectivity index (χ0n) is 10.7. The predicted octanol–water partition coefficient (Wildman–Crippen LogP) is 1.63. The van der Waals surface area contributed by atoms with Crippen molar-refractivity contribution in [2.24, 2.45) is 0 Å². The normalized spacial score (nSPS) is 27.9. The Bertz CT molecular complexity index is 479. The molecule has 1 aromatic heterocycles. The fourth-order valence-corrected chi connectivity index (χ4v) is 3.18. The van der Waals surface area contributed by atoms with Gasteiger partial charge in [-0.25, -0.2) is 4.98 Å². The van der Waals surface area contributed by atoms with Gasteiger partial charge in [0.15, 0.2) is 0 Å². The summed E-state index contributed by atoms with van der Waals surface area (Å²) in [6.07, 6.45) is 3.82. The fraction of sp³-hybridized carbons (Fsp3) is 0.571. The van der Waals surface area contributed by atoms with E-state index in [1.54, 1.807) is 6.07 Å². The van der Waals surface area contributed by atoms with Crippen LogP contribution in [-0.4, -0.2) is 42.1 Å². The summed E-state index contributed by atoms with van der Waals surface area (Å²) in [7, 11) is 2.24. The van der Waals surface area contributed by atoms with Crippen molar-refractivity contribution >= 4 is 5.82 Å². The number of rotatable bonds is 1. The third-order valence-electron chi connectivity index (χ3n) is 4.32. The van der Waals surface area contributed by atoms with Crippen molar-refractivity contribution in [2.75, 3.05) is 25.0 Å². The summed E-state index contributed by atoms with van der Waals surface area (Å²) >= 11 is 0. The molecule has 94 valence electrons. The van der Waals surface area contributed by atoms with E-state index < -0.39 is 0 Å². The lowest BCUT2D eigenvalue weighted by Crippen LogP contribution is -2.37. The summed E-state index contributed by atoms with van der Waals surface area (Å²) in [4.78, 5) is 9.27. The quantitative estimate of drug-likeness (QED) is 0.750. The standard InChI is InChI=1S/C14H18N4/c1-17-12-5-6-13(17)10-18(8-7-12)14-4-2-3-11(9-15)16-14/h2-4,12-13H,5-8,10H2,1H3. The summed E-state index contributed by atoms with van der Waals surface area (Å²) in [6, 6.07) is 9.20. The molecule has 1 aromatic rings. The van der Waals surface area contributed by atoms with Crippen molar-refractivity contribution in [1.29, 1.82) is 5.26 Å². The zero-order valence-corrected chi connectivity index (χ0v) is 10.7. The highest BCUT2D eigenvalue weighted by molar-refractivity contribution is 5.42. The van der Waals surface area contributed by atoms with E-state index in [1.165, 1.54) is 19.3 Å². The minimum Gasteiger partial charge on any atom is -0.355 e. The van der Waals surface area contributed by atoms with Gasteiger partial charge >= 0.3 is 0 Å². The first-order valence-corrected chi connectivity index (χ1v) is 6.62. The van der Waals surface area contributed by atoms with Gasteiger partial charge in [0.25, 0.3) is 0 Å². The zero-order chi connectivity index (χ0) is 12.5. The number of pyridine rings is 1. The lowest BCUT2D eigenvalue weighted by Gasteiger charge is -2.26. The number of anilines is 1. The van der Waals surface area contributed by atoms with Gasteiger partial charge in [-0.15, -0.1) is 0 Å². The number of fused-ring (bicyclic) bond motifs is 2. The van der Waals surface area contributed by atoms with Crippen molar-refractivity contribution in [1.82, 2.24) is 9.88 Å². The van der Waals surface area contributed by atoms with E-state index in [2.05, 4.69) is 27.9 Å². The fourth-order valence-electron chi connectivity index (χ4n) is 3.18. The van der Waals surface area contributed by atoms with E-state index in [-0.39, 0.29) is 0 Å². The number of likely N-dealkylation sites (N-methyl/N-ethyl adjacent to an activating group) is 1. The molecule has 2 atom stereocenters. The van der Waals surface area contributed by atoms with E-state index in [4.69, 9.17) is 5.26 Å². The SMILES string of the molecule is CN1C2CCC1CN(c1cccc(C#N)n1)CC2. The van der Waals surface area contributed by atoms with Crippen molar-refractivity contribution in [2.45, 2.75) is 31.3 Å². The lowest BCUT2D eigenvalue weighted by molar-refractivity contribution is 0.254. The van der Waals surface area contributed by atoms with E-state index in [1.807, 2.05) is 12.1 Å². The molecular formula is C14H18N4. The van der Waals surface area contributed by atoms with Crippen LogP contribution in [0.5, 0.6) is 0 Å². The van der Waals surface area contributed by atoms with Gasteiger partial charge < -0.3 is 4.90 Å². The van der Waals surface area contributed by atoms with Crippen LogP contribution in [0.1, 0.15) is 25.0 Å². The van der Waals surface area contributed by atoms with Gasteiger partial charge in [0, 0.05) is 25.2 Å². The van der Waals surface area contributed by atoms with E-state index in [0.29, 0.717) is 11.7 Å². The molecule has 18 heavy (non-hydrogen) atoms. The number of hydrogen-bond acceptors (Lipinski definition) is 4. The van der Waals surface area contributed by atoms with Gasteiger partial charge in [0.1, 0.15) is 17.6 Å². The average Bonchev–Trinajstić information content (AvgIpc) is 2.63. The Kier molecular flexibility index (Phi) is 2.92. The van der Waals surface area contributed by atoms with Crippen LogP contribution in [0.25, 0.3) is 0 Å².